The van der Waals surface area contributed by atoms with Gasteiger partial charge in [-0.2, -0.15) is 0 Å². The van der Waals surface area contributed by atoms with E-state index in [1.165, 1.54) is 5.57 Å². The molecular weight excluding hydrogens is 136 g/mol. The first-order valence-corrected chi connectivity index (χ1v) is 3.82. The Balaban J connectivity index is 4.08. The standard InChI is InChI=1S/C9H18N2/c1-6-11(5)7-8(2)9(3)10-4/h6-7,9-10H,1H2,2-5H3/b8-7-. The predicted octanol–water partition coefficient (Wildman–Crippen LogP) is 1.57. The number of hydrogen-bond donors (Lipinski definition) is 1. The maximum atomic E-state index is 3.66. The van der Waals surface area contributed by atoms with Gasteiger partial charge in [-0.15, -0.1) is 0 Å². The molecule has 0 bridgehead atoms. The molecule has 0 saturated heterocycles. The maximum Gasteiger partial charge on any atom is 0.0262 e. The van der Waals surface area contributed by atoms with Crippen LogP contribution in [0.25, 0.3) is 0 Å². The van der Waals surface area contributed by atoms with E-state index >= 15 is 0 Å². The Morgan fingerprint density at radius 1 is 1.64 bits per heavy atom. The summed E-state index contributed by atoms with van der Waals surface area (Å²) in [4.78, 5) is 1.95. The van der Waals surface area contributed by atoms with Crippen molar-refractivity contribution in [2.75, 3.05) is 14.1 Å². The van der Waals surface area contributed by atoms with E-state index in [2.05, 4.69) is 31.9 Å². The van der Waals surface area contributed by atoms with E-state index in [-0.39, 0.29) is 0 Å². The van der Waals surface area contributed by atoms with Crippen LogP contribution < -0.4 is 5.32 Å². The second kappa shape index (κ2) is 4.97. The summed E-state index contributed by atoms with van der Waals surface area (Å²) in [5.74, 6) is 0. The molecule has 2 heteroatoms. The van der Waals surface area contributed by atoms with Crippen LogP contribution in [0.3, 0.4) is 0 Å². The van der Waals surface area contributed by atoms with E-state index in [1.807, 2.05) is 19.0 Å². The van der Waals surface area contributed by atoms with E-state index in [0.29, 0.717) is 6.04 Å². The van der Waals surface area contributed by atoms with Gasteiger partial charge in [0.15, 0.2) is 0 Å². The molecule has 0 aliphatic carbocycles. The molecule has 0 aromatic heterocycles. The number of rotatable bonds is 4. The zero-order valence-corrected chi connectivity index (χ0v) is 7.89. The Morgan fingerprint density at radius 2 is 2.18 bits per heavy atom. The summed E-state index contributed by atoms with van der Waals surface area (Å²) in [5, 5.41) is 3.16. The fourth-order valence-corrected chi connectivity index (χ4v) is 0.713. The molecule has 0 spiro atoms. The highest BCUT2D eigenvalue weighted by atomic mass is 15.0. The molecule has 1 atom stereocenters. The monoisotopic (exact) mass is 154 g/mol. The van der Waals surface area contributed by atoms with E-state index in [9.17, 15) is 0 Å². The van der Waals surface area contributed by atoms with Crippen molar-refractivity contribution in [3.8, 4) is 0 Å². The van der Waals surface area contributed by atoms with Crippen LogP contribution in [0.5, 0.6) is 0 Å². The lowest BCUT2D eigenvalue weighted by Crippen LogP contribution is -2.23. The zero-order chi connectivity index (χ0) is 8.85. The van der Waals surface area contributed by atoms with Crippen LogP contribution in [0.2, 0.25) is 0 Å². The molecule has 1 unspecified atom stereocenters. The molecule has 0 rings (SSSR count). The molecule has 64 valence electrons. The molecule has 0 aromatic carbocycles. The lowest BCUT2D eigenvalue weighted by Gasteiger charge is -2.14. The lowest BCUT2D eigenvalue weighted by atomic mass is 10.2. The molecule has 1 N–H and O–H groups in total. The summed E-state index contributed by atoms with van der Waals surface area (Å²) < 4.78 is 0. The van der Waals surface area contributed by atoms with E-state index in [1.54, 1.807) is 6.20 Å². The SMILES string of the molecule is C=CN(C)/C=C(/C)C(C)NC. The second-order valence-electron chi connectivity index (χ2n) is 2.73. The molecule has 0 fully saturated rings. The van der Waals surface area contributed by atoms with Crippen molar-refractivity contribution in [2.45, 2.75) is 19.9 Å². The first kappa shape index (κ1) is 10.2. The third-order valence-electron chi connectivity index (χ3n) is 1.81. The summed E-state index contributed by atoms with van der Waals surface area (Å²) in [7, 11) is 3.93. The Labute approximate surface area is 69.6 Å². The lowest BCUT2D eigenvalue weighted by molar-refractivity contribution is 0.597. The van der Waals surface area contributed by atoms with Crippen LogP contribution in [0, 0.1) is 0 Å². The van der Waals surface area contributed by atoms with Crippen molar-refractivity contribution >= 4 is 0 Å². The van der Waals surface area contributed by atoms with Gasteiger partial charge in [0.2, 0.25) is 0 Å². The minimum Gasteiger partial charge on any atom is -0.358 e. The van der Waals surface area contributed by atoms with Crippen LogP contribution >= 0.6 is 0 Å². The summed E-state index contributed by atoms with van der Waals surface area (Å²) in [6.45, 7) is 7.89. The van der Waals surface area contributed by atoms with Gasteiger partial charge in [-0.1, -0.05) is 6.58 Å². The average molecular weight is 154 g/mol. The number of hydrogen-bond acceptors (Lipinski definition) is 2. The summed E-state index contributed by atoms with van der Waals surface area (Å²) in [6.07, 6.45) is 3.85. The van der Waals surface area contributed by atoms with E-state index in [0.717, 1.165) is 0 Å². The highest BCUT2D eigenvalue weighted by molar-refractivity contribution is 5.06. The van der Waals surface area contributed by atoms with Crippen molar-refractivity contribution < 1.29 is 0 Å². The van der Waals surface area contributed by atoms with Gasteiger partial charge in [0, 0.05) is 19.3 Å². The average Bonchev–Trinajstić information content (AvgIpc) is 2.02. The van der Waals surface area contributed by atoms with Crippen LogP contribution in [0.1, 0.15) is 13.8 Å². The van der Waals surface area contributed by atoms with E-state index in [4.69, 9.17) is 0 Å². The highest BCUT2D eigenvalue weighted by Crippen LogP contribution is 2.00. The first-order valence-electron chi connectivity index (χ1n) is 3.82. The molecule has 0 amide bonds. The minimum absolute atomic E-state index is 0.428. The normalized spacial score (nSPS) is 14.4. The molecular formula is C9H18N2. The fraction of sp³-hybridized carbons (Fsp3) is 0.556. The molecule has 0 saturated carbocycles. The van der Waals surface area contributed by atoms with Crippen molar-refractivity contribution in [1.82, 2.24) is 10.2 Å². The van der Waals surface area contributed by atoms with Gasteiger partial charge >= 0.3 is 0 Å². The third-order valence-corrected chi connectivity index (χ3v) is 1.81. The predicted molar refractivity (Wildman–Crippen MR) is 50.2 cm³/mol. The molecule has 0 radical (unpaired) electrons. The Kier molecular flexibility index (Phi) is 4.62. The number of likely N-dealkylation sites (N-methyl/N-ethyl adjacent to an activating group) is 1. The fourth-order valence-electron chi connectivity index (χ4n) is 0.713. The summed E-state index contributed by atoms with van der Waals surface area (Å²) in [6, 6.07) is 0.428. The van der Waals surface area contributed by atoms with Gasteiger partial charge in [0.1, 0.15) is 0 Å². The van der Waals surface area contributed by atoms with Gasteiger partial charge in [-0.25, -0.2) is 0 Å². The van der Waals surface area contributed by atoms with E-state index < -0.39 is 0 Å². The van der Waals surface area contributed by atoms with Crippen LogP contribution in [-0.2, 0) is 0 Å². The van der Waals surface area contributed by atoms with Crippen LogP contribution in [0.4, 0.5) is 0 Å². The maximum absolute atomic E-state index is 3.66. The Bertz CT molecular complexity index is 150. The molecule has 0 heterocycles. The quantitative estimate of drug-likeness (QED) is 0.661. The van der Waals surface area contributed by atoms with Gasteiger partial charge in [0.25, 0.3) is 0 Å². The topological polar surface area (TPSA) is 15.3 Å². The zero-order valence-electron chi connectivity index (χ0n) is 7.89. The minimum atomic E-state index is 0.428. The van der Waals surface area contributed by atoms with Crippen molar-refractivity contribution in [3.63, 3.8) is 0 Å². The van der Waals surface area contributed by atoms with Crippen LogP contribution in [-0.4, -0.2) is 25.0 Å². The first-order chi connectivity index (χ1) is 5.11. The Morgan fingerprint density at radius 3 is 2.55 bits per heavy atom. The highest BCUT2D eigenvalue weighted by Gasteiger charge is 1.99. The van der Waals surface area contributed by atoms with Crippen molar-refractivity contribution in [2.24, 2.45) is 0 Å². The third kappa shape index (κ3) is 3.83. The summed E-state index contributed by atoms with van der Waals surface area (Å²) >= 11 is 0. The molecule has 0 aromatic rings. The number of nitrogens with zero attached hydrogens (tertiary/aromatic N) is 1. The molecule has 11 heavy (non-hydrogen) atoms. The largest absolute Gasteiger partial charge is 0.358 e. The molecule has 0 aliphatic rings. The van der Waals surface area contributed by atoms with Crippen LogP contribution in [0.15, 0.2) is 24.6 Å². The number of nitrogens with one attached hydrogen (secondary N) is 1. The second-order valence-corrected chi connectivity index (χ2v) is 2.73. The molecule has 2 nitrogen and oxygen atoms in total. The van der Waals surface area contributed by atoms with Gasteiger partial charge in [0.05, 0.1) is 0 Å². The molecule has 0 aliphatic heterocycles. The van der Waals surface area contributed by atoms with Crippen molar-refractivity contribution in [3.05, 3.63) is 24.6 Å². The smallest absolute Gasteiger partial charge is 0.0262 e. The summed E-state index contributed by atoms with van der Waals surface area (Å²) in [5.41, 5.74) is 1.30. The van der Waals surface area contributed by atoms with Gasteiger partial charge in [-0.05, 0) is 32.7 Å². The van der Waals surface area contributed by atoms with Crippen molar-refractivity contribution in [1.29, 1.82) is 0 Å². The Hall–Kier alpha value is -0.760. The van der Waals surface area contributed by atoms with Gasteiger partial charge < -0.3 is 10.2 Å². The van der Waals surface area contributed by atoms with Gasteiger partial charge in [-0.3, -0.25) is 0 Å².